The first-order chi connectivity index (χ1) is 16.1. The standard InChI is InChI=1S/C26H27FN4O2/c1-28-14-24(32)29-16-8-9-18-21(13-16)30-22(12-15-7-10-23(33-2)19(27)11-15)26-25(18)17-5-3-4-6-20(17)31-26/h3-7,10-11,16,28,31H,8-9,12-14H2,1-2H3,(H,29,32). The number of methoxy groups -OCH3 is 1. The number of fused-ring (bicyclic) bond motifs is 5. The fourth-order valence-corrected chi connectivity index (χ4v) is 4.90. The molecule has 2 aromatic carbocycles. The summed E-state index contributed by atoms with van der Waals surface area (Å²) < 4.78 is 19.4. The van der Waals surface area contributed by atoms with Gasteiger partial charge in [0.15, 0.2) is 11.6 Å². The number of carbonyl (C=O) groups is 1. The SMILES string of the molecule is CNCC(=O)NC1CCc2c(nc(Cc3ccc(OC)c(F)c3)c3[nH]c4ccccc4c23)C1. The molecule has 0 aliphatic heterocycles. The highest BCUT2D eigenvalue weighted by Crippen LogP contribution is 2.36. The molecule has 1 aliphatic rings. The Kier molecular flexibility index (Phi) is 5.72. The average molecular weight is 447 g/mol. The number of rotatable bonds is 6. The van der Waals surface area contributed by atoms with Crippen molar-refractivity contribution in [1.29, 1.82) is 0 Å². The molecule has 2 aromatic heterocycles. The number of nitrogens with one attached hydrogen (secondary N) is 3. The van der Waals surface area contributed by atoms with Gasteiger partial charge in [0.1, 0.15) is 0 Å². The summed E-state index contributed by atoms with van der Waals surface area (Å²) in [6.45, 7) is 0.298. The van der Waals surface area contributed by atoms with Crippen molar-refractivity contribution in [3.05, 3.63) is 70.8 Å². The highest BCUT2D eigenvalue weighted by molar-refractivity contribution is 6.10. The molecule has 1 aliphatic carbocycles. The van der Waals surface area contributed by atoms with E-state index in [1.54, 1.807) is 13.1 Å². The summed E-state index contributed by atoms with van der Waals surface area (Å²) in [5.41, 5.74) is 6.03. The first-order valence-electron chi connectivity index (χ1n) is 11.2. The van der Waals surface area contributed by atoms with Crippen molar-refractivity contribution in [2.75, 3.05) is 20.7 Å². The van der Waals surface area contributed by atoms with E-state index in [1.807, 2.05) is 18.2 Å². The van der Waals surface area contributed by atoms with Gasteiger partial charge in [-0.3, -0.25) is 9.78 Å². The molecule has 1 unspecified atom stereocenters. The van der Waals surface area contributed by atoms with Gasteiger partial charge >= 0.3 is 0 Å². The fourth-order valence-electron chi connectivity index (χ4n) is 4.90. The number of aromatic amines is 1. The predicted molar refractivity (Wildman–Crippen MR) is 127 cm³/mol. The van der Waals surface area contributed by atoms with E-state index < -0.39 is 0 Å². The molecule has 4 aromatic rings. The number of nitrogens with zero attached hydrogens (tertiary/aromatic N) is 1. The van der Waals surface area contributed by atoms with Crippen molar-refractivity contribution in [3.63, 3.8) is 0 Å². The van der Waals surface area contributed by atoms with Crippen molar-refractivity contribution >= 4 is 27.7 Å². The zero-order valence-electron chi connectivity index (χ0n) is 18.8. The summed E-state index contributed by atoms with van der Waals surface area (Å²) >= 11 is 0. The summed E-state index contributed by atoms with van der Waals surface area (Å²) in [5, 5.41) is 8.38. The van der Waals surface area contributed by atoms with Gasteiger partial charge in [-0.2, -0.15) is 0 Å². The highest BCUT2D eigenvalue weighted by Gasteiger charge is 2.26. The normalized spacial score (nSPS) is 15.5. The van der Waals surface area contributed by atoms with Gasteiger partial charge < -0.3 is 20.4 Å². The third-order valence-corrected chi connectivity index (χ3v) is 6.39. The maximum Gasteiger partial charge on any atom is 0.234 e. The first kappa shape index (κ1) is 21.4. The van der Waals surface area contributed by atoms with Crippen LogP contribution in [0.1, 0.15) is 28.9 Å². The number of likely N-dealkylation sites (N-methyl/N-ethyl adjacent to an activating group) is 1. The number of halogens is 1. The minimum absolute atomic E-state index is 0.00643. The van der Waals surface area contributed by atoms with Gasteiger partial charge in [0.05, 0.1) is 24.9 Å². The molecule has 170 valence electrons. The number of amides is 1. The molecule has 0 bridgehead atoms. The van der Waals surface area contributed by atoms with Crippen LogP contribution in [0, 0.1) is 5.82 Å². The minimum atomic E-state index is -0.381. The quantitative estimate of drug-likeness (QED) is 0.423. The van der Waals surface area contributed by atoms with E-state index in [0.29, 0.717) is 19.4 Å². The van der Waals surface area contributed by atoms with Gasteiger partial charge in [-0.1, -0.05) is 24.3 Å². The number of pyridine rings is 1. The van der Waals surface area contributed by atoms with Crippen LogP contribution < -0.4 is 15.4 Å². The molecule has 6 nitrogen and oxygen atoms in total. The Bertz CT molecular complexity index is 1350. The average Bonchev–Trinajstić information content (AvgIpc) is 3.19. The number of aryl methyl sites for hydroxylation is 1. The number of carbonyl (C=O) groups excluding carboxylic acids is 1. The molecule has 0 spiro atoms. The van der Waals surface area contributed by atoms with Gasteiger partial charge in [-0.25, -0.2) is 4.39 Å². The Hall–Kier alpha value is -3.45. The predicted octanol–water partition coefficient (Wildman–Crippen LogP) is 3.65. The molecule has 0 fully saturated rings. The number of hydrogen-bond acceptors (Lipinski definition) is 4. The van der Waals surface area contributed by atoms with Gasteiger partial charge in [-0.05, 0) is 49.2 Å². The monoisotopic (exact) mass is 446 g/mol. The molecule has 0 saturated carbocycles. The molecule has 2 heterocycles. The molecule has 1 atom stereocenters. The highest BCUT2D eigenvalue weighted by atomic mass is 19.1. The molecule has 1 amide bonds. The van der Waals surface area contributed by atoms with Crippen LogP contribution in [0.4, 0.5) is 4.39 Å². The van der Waals surface area contributed by atoms with Gasteiger partial charge in [-0.15, -0.1) is 0 Å². The molecule has 5 rings (SSSR count). The Morgan fingerprint density at radius 2 is 2.12 bits per heavy atom. The van der Waals surface area contributed by atoms with Crippen molar-refractivity contribution in [2.24, 2.45) is 0 Å². The lowest BCUT2D eigenvalue weighted by Gasteiger charge is -2.26. The third-order valence-electron chi connectivity index (χ3n) is 6.39. The zero-order valence-corrected chi connectivity index (χ0v) is 18.8. The molecule has 0 saturated heterocycles. The van der Waals surface area contributed by atoms with Crippen LogP contribution in [0.3, 0.4) is 0 Å². The van der Waals surface area contributed by atoms with Crippen LogP contribution in [0.5, 0.6) is 5.75 Å². The van der Waals surface area contributed by atoms with Gasteiger partial charge in [0.2, 0.25) is 5.91 Å². The van der Waals surface area contributed by atoms with E-state index in [9.17, 15) is 9.18 Å². The topological polar surface area (TPSA) is 79.0 Å². The second-order valence-electron chi connectivity index (χ2n) is 8.59. The molecular formula is C26H27FN4O2. The Balaban J connectivity index is 1.59. The van der Waals surface area contributed by atoms with Gasteiger partial charge in [0, 0.05) is 40.9 Å². The van der Waals surface area contributed by atoms with E-state index in [2.05, 4.69) is 27.8 Å². The van der Waals surface area contributed by atoms with Crippen LogP contribution in [-0.4, -0.2) is 42.6 Å². The lowest BCUT2D eigenvalue weighted by molar-refractivity contribution is -0.120. The van der Waals surface area contributed by atoms with Crippen molar-refractivity contribution in [2.45, 2.75) is 31.7 Å². The van der Waals surface area contributed by atoms with Crippen LogP contribution in [0.25, 0.3) is 21.8 Å². The second-order valence-corrected chi connectivity index (χ2v) is 8.59. The number of benzene rings is 2. The number of para-hydroxylation sites is 1. The van der Waals surface area contributed by atoms with Crippen molar-refractivity contribution in [3.8, 4) is 5.75 Å². The lowest BCUT2D eigenvalue weighted by Crippen LogP contribution is -2.42. The number of aromatic nitrogens is 2. The number of H-pyrrole nitrogens is 1. The summed E-state index contributed by atoms with van der Waals surface area (Å²) in [6.07, 6.45) is 2.91. The van der Waals surface area contributed by atoms with Crippen molar-refractivity contribution in [1.82, 2.24) is 20.6 Å². The largest absolute Gasteiger partial charge is 0.494 e. The zero-order chi connectivity index (χ0) is 22.9. The molecular weight excluding hydrogens is 419 g/mol. The van der Waals surface area contributed by atoms with E-state index in [-0.39, 0.29) is 23.5 Å². The van der Waals surface area contributed by atoms with E-state index in [1.165, 1.54) is 29.5 Å². The van der Waals surface area contributed by atoms with Crippen LogP contribution >= 0.6 is 0 Å². The Morgan fingerprint density at radius 3 is 2.91 bits per heavy atom. The molecule has 7 heteroatoms. The summed E-state index contributed by atoms with van der Waals surface area (Å²) in [7, 11) is 3.22. The lowest BCUT2D eigenvalue weighted by atomic mass is 9.88. The summed E-state index contributed by atoms with van der Waals surface area (Å²) in [4.78, 5) is 20.7. The van der Waals surface area contributed by atoms with E-state index in [0.717, 1.165) is 40.8 Å². The smallest absolute Gasteiger partial charge is 0.234 e. The fraction of sp³-hybridized carbons (Fsp3) is 0.308. The van der Waals surface area contributed by atoms with Gasteiger partial charge in [0.25, 0.3) is 0 Å². The Morgan fingerprint density at radius 1 is 1.27 bits per heavy atom. The Labute approximate surface area is 191 Å². The number of hydrogen-bond donors (Lipinski definition) is 3. The molecule has 3 N–H and O–H groups in total. The molecule has 0 radical (unpaired) electrons. The maximum absolute atomic E-state index is 14.3. The summed E-state index contributed by atoms with van der Waals surface area (Å²) in [6, 6.07) is 13.4. The first-order valence-corrected chi connectivity index (χ1v) is 11.2. The van der Waals surface area contributed by atoms with Crippen LogP contribution in [0.2, 0.25) is 0 Å². The summed E-state index contributed by atoms with van der Waals surface area (Å²) in [5.74, 6) is -0.158. The van der Waals surface area contributed by atoms with Crippen LogP contribution in [0.15, 0.2) is 42.5 Å². The van der Waals surface area contributed by atoms with Crippen LogP contribution in [-0.2, 0) is 24.1 Å². The van der Waals surface area contributed by atoms with Crippen molar-refractivity contribution < 1.29 is 13.9 Å². The van der Waals surface area contributed by atoms with E-state index >= 15 is 0 Å². The second kappa shape index (κ2) is 8.83. The minimum Gasteiger partial charge on any atom is -0.494 e. The maximum atomic E-state index is 14.3. The number of ether oxygens (including phenoxy) is 1. The van der Waals surface area contributed by atoms with E-state index in [4.69, 9.17) is 9.72 Å². The third kappa shape index (κ3) is 4.04. The molecule has 33 heavy (non-hydrogen) atoms.